The molecule has 0 amide bonds. The lowest BCUT2D eigenvalue weighted by molar-refractivity contribution is -0.311. The maximum Gasteiger partial charge on any atom is 0.373 e. The van der Waals surface area contributed by atoms with Crippen LogP contribution in [0, 0.1) is 0 Å². The Balaban J connectivity index is 4.77. The van der Waals surface area contributed by atoms with Crippen molar-refractivity contribution in [3.8, 4) is 0 Å². The second kappa shape index (κ2) is 6.01. The molecule has 0 spiro atoms. The predicted octanol–water partition coefficient (Wildman–Crippen LogP) is 0.0945. The fourth-order valence-corrected chi connectivity index (χ4v) is 0.789. The molecule has 0 atom stereocenters. The van der Waals surface area contributed by atoms with Gasteiger partial charge >= 0.3 is 11.9 Å². The normalized spacial score (nSPS) is 11.6. The molecule has 0 aliphatic carbocycles. The highest BCUT2D eigenvalue weighted by atomic mass is 16.6. The van der Waals surface area contributed by atoms with Crippen molar-refractivity contribution in [1.29, 1.82) is 0 Å². The summed E-state index contributed by atoms with van der Waals surface area (Å²) in [4.78, 5) is 21.6. The Bertz CT molecular complexity index is 254. The van der Waals surface area contributed by atoms with Crippen LogP contribution < -0.4 is 5.11 Å². The summed E-state index contributed by atoms with van der Waals surface area (Å²) in [5.41, 5.74) is 0. The van der Waals surface area contributed by atoms with Gasteiger partial charge in [0.2, 0.25) is 5.76 Å². The highest BCUT2D eigenvalue weighted by molar-refractivity contribution is 5.89. The second-order valence-corrected chi connectivity index (χ2v) is 2.59. The zero-order chi connectivity index (χ0) is 11.1. The molecule has 0 N–H and O–H groups in total. The molecule has 0 aliphatic heterocycles. The third-order valence-corrected chi connectivity index (χ3v) is 1.35. The average molecular weight is 201 g/mol. The third kappa shape index (κ3) is 3.93. The highest BCUT2D eigenvalue weighted by Gasteiger charge is 2.14. The molecule has 0 radical (unpaired) electrons. The quantitative estimate of drug-likeness (QED) is 0.366. The highest BCUT2D eigenvalue weighted by Crippen LogP contribution is 2.09. The number of carbonyl (C=O) groups excluding carboxylic acids is 2. The first-order valence-corrected chi connectivity index (χ1v) is 4.19. The van der Waals surface area contributed by atoms with Gasteiger partial charge in [-0.15, -0.1) is 0 Å². The Morgan fingerprint density at radius 2 is 1.93 bits per heavy atom. The summed E-state index contributed by atoms with van der Waals surface area (Å²) in [7, 11) is 1.12. The fraction of sp³-hybridized carbons (Fsp3) is 0.556. The van der Waals surface area contributed by atoms with Crippen LogP contribution in [0.3, 0.4) is 0 Å². The van der Waals surface area contributed by atoms with Crippen LogP contribution in [-0.4, -0.2) is 19.0 Å². The number of carbonyl (C=O) groups is 2. The van der Waals surface area contributed by atoms with Crippen LogP contribution in [0.2, 0.25) is 0 Å². The van der Waals surface area contributed by atoms with Crippen molar-refractivity contribution in [3.05, 3.63) is 11.5 Å². The Morgan fingerprint density at radius 3 is 2.29 bits per heavy atom. The van der Waals surface area contributed by atoms with Gasteiger partial charge in [-0.2, -0.15) is 0 Å². The Labute approximate surface area is 82.3 Å². The zero-order valence-electron chi connectivity index (χ0n) is 8.46. The summed E-state index contributed by atoms with van der Waals surface area (Å²) in [5, 5.41) is 11.3. The van der Waals surface area contributed by atoms with E-state index in [1.54, 1.807) is 6.92 Å². The van der Waals surface area contributed by atoms with Crippen LogP contribution in [0.5, 0.6) is 0 Å². The van der Waals surface area contributed by atoms with Gasteiger partial charge in [0.05, 0.1) is 7.11 Å². The molecule has 80 valence electrons. The van der Waals surface area contributed by atoms with Crippen LogP contribution in [0.25, 0.3) is 0 Å². The third-order valence-electron chi connectivity index (χ3n) is 1.35. The topological polar surface area (TPSA) is 75.7 Å². The van der Waals surface area contributed by atoms with Crippen LogP contribution in [-0.2, 0) is 19.1 Å². The van der Waals surface area contributed by atoms with E-state index in [0.717, 1.165) is 14.0 Å². The number of ether oxygens (including phenoxy) is 2. The van der Waals surface area contributed by atoms with E-state index < -0.39 is 23.5 Å². The van der Waals surface area contributed by atoms with E-state index in [0.29, 0.717) is 6.42 Å². The molecule has 0 aromatic carbocycles. The number of hydrogen-bond acceptors (Lipinski definition) is 5. The summed E-state index contributed by atoms with van der Waals surface area (Å²) < 4.78 is 8.78. The van der Waals surface area contributed by atoms with Gasteiger partial charge in [0.25, 0.3) is 0 Å². The predicted molar refractivity (Wildman–Crippen MR) is 45.7 cm³/mol. The molecule has 0 saturated heterocycles. The molecule has 0 aliphatic rings. The molecule has 14 heavy (non-hydrogen) atoms. The van der Waals surface area contributed by atoms with Crippen molar-refractivity contribution < 1.29 is 24.2 Å². The van der Waals surface area contributed by atoms with E-state index in [9.17, 15) is 14.7 Å². The average Bonchev–Trinajstić information content (AvgIpc) is 2.13. The van der Waals surface area contributed by atoms with Crippen LogP contribution in [0.15, 0.2) is 11.5 Å². The first kappa shape index (κ1) is 12.5. The first-order valence-electron chi connectivity index (χ1n) is 4.19. The standard InChI is InChI=1S/C9H14O5/c1-4-5-7(11)8(9(12)13-3)14-6(2)10/h11H,4-5H2,1-3H3/p-1/b8-7+. The van der Waals surface area contributed by atoms with Gasteiger partial charge in [0.15, 0.2) is 0 Å². The van der Waals surface area contributed by atoms with E-state index in [1.807, 2.05) is 0 Å². The van der Waals surface area contributed by atoms with Gasteiger partial charge in [0, 0.05) is 6.92 Å². The Morgan fingerprint density at radius 1 is 1.36 bits per heavy atom. The molecule has 0 rings (SSSR count). The summed E-state index contributed by atoms with van der Waals surface area (Å²) >= 11 is 0. The summed E-state index contributed by atoms with van der Waals surface area (Å²) in [6.07, 6.45) is 0.721. The lowest BCUT2D eigenvalue weighted by atomic mass is 10.2. The van der Waals surface area contributed by atoms with Gasteiger partial charge in [-0.1, -0.05) is 19.1 Å². The monoisotopic (exact) mass is 201 g/mol. The number of methoxy groups -OCH3 is 1. The molecular formula is C9H13O5-. The van der Waals surface area contributed by atoms with E-state index in [1.165, 1.54) is 0 Å². The van der Waals surface area contributed by atoms with Gasteiger partial charge in [-0.25, -0.2) is 4.79 Å². The maximum absolute atomic E-state index is 11.3. The SMILES string of the molecule is CCC/C([O-])=C(\OC(C)=O)C(=O)OC. The van der Waals surface area contributed by atoms with Crippen molar-refractivity contribution >= 4 is 11.9 Å². The molecule has 0 fully saturated rings. The molecular weight excluding hydrogens is 188 g/mol. The number of rotatable bonds is 4. The van der Waals surface area contributed by atoms with Gasteiger partial charge in [-0.3, -0.25) is 4.79 Å². The lowest BCUT2D eigenvalue weighted by Gasteiger charge is -2.15. The van der Waals surface area contributed by atoms with Crippen LogP contribution in [0.4, 0.5) is 0 Å². The molecule has 0 aromatic heterocycles. The largest absolute Gasteiger partial charge is 0.873 e. The molecule has 5 heteroatoms. The second-order valence-electron chi connectivity index (χ2n) is 2.59. The molecule has 0 unspecified atom stereocenters. The molecule has 0 bridgehead atoms. The minimum atomic E-state index is -0.918. The van der Waals surface area contributed by atoms with Crippen molar-refractivity contribution in [2.75, 3.05) is 7.11 Å². The van der Waals surface area contributed by atoms with E-state index in [4.69, 9.17) is 0 Å². The maximum atomic E-state index is 11.3. The van der Waals surface area contributed by atoms with Crippen LogP contribution >= 0.6 is 0 Å². The minimum Gasteiger partial charge on any atom is -0.873 e. The Kier molecular flexibility index (Phi) is 5.36. The van der Waals surface area contributed by atoms with Crippen molar-refractivity contribution in [1.82, 2.24) is 0 Å². The minimum absolute atomic E-state index is 0.151. The Hall–Kier alpha value is -1.52. The van der Waals surface area contributed by atoms with Crippen molar-refractivity contribution in [2.45, 2.75) is 26.7 Å². The summed E-state index contributed by atoms with van der Waals surface area (Å²) in [6, 6.07) is 0. The number of hydrogen-bond donors (Lipinski definition) is 0. The summed E-state index contributed by atoms with van der Waals surface area (Å²) in [5.74, 6) is -2.69. The van der Waals surface area contributed by atoms with Crippen molar-refractivity contribution in [2.24, 2.45) is 0 Å². The zero-order valence-corrected chi connectivity index (χ0v) is 8.46. The van der Waals surface area contributed by atoms with E-state index >= 15 is 0 Å². The molecule has 0 heterocycles. The van der Waals surface area contributed by atoms with Gasteiger partial charge in [-0.05, 0) is 6.42 Å². The van der Waals surface area contributed by atoms with E-state index in [-0.39, 0.29) is 6.42 Å². The number of allylic oxidation sites excluding steroid dienone is 1. The summed E-state index contributed by atoms with van der Waals surface area (Å²) in [6.45, 7) is 2.89. The molecule has 0 saturated carbocycles. The number of esters is 2. The van der Waals surface area contributed by atoms with E-state index in [2.05, 4.69) is 9.47 Å². The fourth-order valence-electron chi connectivity index (χ4n) is 0.789. The molecule has 5 nitrogen and oxygen atoms in total. The van der Waals surface area contributed by atoms with Gasteiger partial charge < -0.3 is 14.6 Å². The lowest BCUT2D eigenvalue weighted by Crippen LogP contribution is -2.19. The smallest absolute Gasteiger partial charge is 0.373 e. The molecule has 0 aromatic rings. The van der Waals surface area contributed by atoms with Crippen LogP contribution in [0.1, 0.15) is 26.7 Å². The first-order chi connectivity index (χ1) is 6.52. The van der Waals surface area contributed by atoms with Crippen molar-refractivity contribution in [3.63, 3.8) is 0 Å². The van der Waals surface area contributed by atoms with Gasteiger partial charge in [0.1, 0.15) is 0 Å².